The third-order valence-corrected chi connectivity index (χ3v) is 13.7. The van der Waals surface area contributed by atoms with Crippen LogP contribution in [0.1, 0.15) is 120 Å². The summed E-state index contributed by atoms with van der Waals surface area (Å²) in [6.45, 7) is 1.29. The SMILES string of the molecule is COc1cccc2c1C(=O)c1c(O)c3c(c(O)c1C2=O)C[C@@](O)(/C(C)=N\NC(=O)CCC(N)C(=O)O)C[C@@H]3OC1CC(N)C(O)C(C)O1.NC(CCC(=O)NC(CO)(CO)CO)C(=O)O.NC(CCC(=O)OCc1ccccc1)C(=O)O. The van der Waals surface area contributed by atoms with Gasteiger partial charge in [-0.2, -0.15) is 5.10 Å². The molecule has 2 aliphatic carbocycles. The summed E-state index contributed by atoms with van der Waals surface area (Å²) in [6.07, 6.45) is -5.45. The number of carbonyl (C=O) groups is 8. The number of nitrogens with two attached hydrogens (primary N) is 4. The number of nitrogens with one attached hydrogen (secondary N) is 2. The van der Waals surface area contributed by atoms with Gasteiger partial charge in [0.1, 0.15) is 53.1 Å². The van der Waals surface area contributed by atoms with Crippen molar-refractivity contribution in [2.45, 2.75) is 138 Å². The molecule has 3 aliphatic rings. The van der Waals surface area contributed by atoms with E-state index in [1.165, 1.54) is 32.2 Å². The van der Waals surface area contributed by atoms with Crippen molar-refractivity contribution in [3.05, 3.63) is 87.5 Å². The first-order valence-electron chi connectivity index (χ1n) is 25.5. The molecule has 0 bridgehead atoms. The fourth-order valence-electron chi connectivity index (χ4n) is 8.63. The van der Waals surface area contributed by atoms with Gasteiger partial charge in [-0.25, -0.2) is 5.43 Å². The molecule has 0 aromatic heterocycles. The second-order valence-electron chi connectivity index (χ2n) is 19.7. The molecule has 29 heteroatoms. The Bertz CT molecular complexity index is 2810. The van der Waals surface area contributed by atoms with E-state index in [0.29, 0.717) is 0 Å². The molecular formula is C53H71N7O22. The topological polar surface area (TPSA) is 516 Å². The van der Waals surface area contributed by atoms with Crippen LogP contribution in [0.3, 0.4) is 0 Å². The Balaban J connectivity index is 0.000000346. The van der Waals surface area contributed by atoms with Crippen molar-refractivity contribution < 1.29 is 108 Å². The zero-order valence-electron chi connectivity index (χ0n) is 45.1. The van der Waals surface area contributed by atoms with E-state index in [4.69, 9.17) is 72.5 Å². The number of aliphatic hydroxyl groups is 5. The lowest BCUT2D eigenvalue weighted by Gasteiger charge is -2.42. The van der Waals surface area contributed by atoms with Gasteiger partial charge in [-0.1, -0.05) is 42.5 Å². The van der Waals surface area contributed by atoms with E-state index < -0.39 is 156 Å². The van der Waals surface area contributed by atoms with Crippen molar-refractivity contribution in [3.8, 4) is 17.2 Å². The predicted molar refractivity (Wildman–Crippen MR) is 284 cm³/mol. The summed E-state index contributed by atoms with van der Waals surface area (Å²) in [7, 11) is 1.32. The smallest absolute Gasteiger partial charge is 0.320 e. The van der Waals surface area contributed by atoms with Crippen molar-refractivity contribution >= 4 is 53.0 Å². The van der Waals surface area contributed by atoms with Crippen LogP contribution in [0.25, 0.3) is 0 Å². The molecule has 2 amide bonds. The summed E-state index contributed by atoms with van der Waals surface area (Å²) in [5.74, 6) is -8.07. The number of methoxy groups -OCH3 is 1. The average Bonchev–Trinajstić information content (AvgIpc) is 2.97. The fraction of sp³-hybridized carbons (Fsp3) is 0.491. The normalized spacial score (nSPS) is 21.2. The molecule has 7 unspecified atom stereocenters. The van der Waals surface area contributed by atoms with E-state index in [9.17, 15) is 58.8 Å². The number of rotatable bonds is 23. The Hall–Kier alpha value is -7.55. The number of hydrazone groups is 1. The molecule has 1 heterocycles. The van der Waals surface area contributed by atoms with Crippen molar-refractivity contribution in [1.82, 2.24) is 10.7 Å². The van der Waals surface area contributed by atoms with Gasteiger partial charge in [-0.05, 0) is 44.7 Å². The first-order chi connectivity index (χ1) is 38.6. The first-order valence-corrected chi connectivity index (χ1v) is 25.5. The molecule has 3 aromatic carbocycles. The molecule has 1 saturated heterocycles. The van der Waals surface area contributed by atoms with Gasteiger partial charge in [0.2, 0.25) is 17.6 Å². The molecular weight excluding hydrogens is 1090 g/mol. The number of carboxylic acids is 3. The largest absolute Gasteiger partial charge is 0.507 e. The minimum atomic E-state index is -1.97. The van der Waals surface area contributed by atoms with Gasteiger partial charge in [0.25, 0.3) is 0 Å². The maximum Gasteiger partial charge on any atom is 0.320 e. The van der Waals surface area contributed by atoms with Crippen LogP contribution in [0, 0.1) is 0 Å². The van der Waals surface area contributed by atoms with Crippen LogP contribution in [0.15, 0.2) is 53.6 Å². The minimum absolute atomic E-state index is 0.0110. The zero-order valence-corrected chi connectivity index (χ0v) is 45.1. The van der Waals surface area contributed by atoms with E-state index in [2.05, 4.69) is 15.8 Å². The average molecular weight is 1160 g/mol. The predicted octanol–water partition coefficient (Wildman–Crippen LogP) is -1.94. The lowest BCUT2D eigenvalue weighted by molar-refractivity contribution is -0.245. The lowest BCUT2D eigenvalue weighted by atomic mass is 9.72. The summed E-state index contributed by atoms with van der Waals surface area (Å²) in [5.41, 5.74) is 20.4. The highest BCUT2D eigenvalue weighted by molar-refractivity contribution is 6.31. The van der Waals surface area contributed by atoms with Crippen LogP contribution in [-0.4, -0.2) is 185 Å². The lowest BCUT2D eigenvalue weighted by Crippen LogP contribution is -2.57. The van der Waals surface area contributed by atoms with E-state index >= 15 is 0 Å². The second kappa shape index (κ2) is 30.0. The molecule has 1 fully saturated rings. The highest BCUT2D eigenvalue weighted by Gasteiger charge is 2.49. The number of carboxylic acid groups (broad SMARTS) is 3. The molecule has 3 aromatic rings. The fourth-order valence-corrected chi connectivity index (χ4v) is 8.63. The third-order valence-electron chi connectivity index (χ3n) is 13.7. The van der Waals surface area contributed by atoms with Gasteiger partial charge in [0.15, 0.2) is 12.1 Å². The number of phenols is 2. The zero-order chi connectivity index (χ0) is 61.4. The number of hydrogen-bond donors (Lipinski definition) is 16. The number of ketones is 2. The third kappa shape index (κ3) is 17.0. The first kappa shape index (κ1) is 67.0. The number of carbonyl (C=O) groups excluding carboxylic acids is 5. The summed E-state index contributed by atoms with van der Waals surface area (Å²) < 4.78 is 22.3. The number of fused-ring (bicyclic) bond motifs is 3. The van der Waals surface area contributed by atoms with Crippen LogP contribution < -0.4 is 38.4 Å². The Kier molecular flexibility index (Phi) is 24.5. The number of nitrogens with zero attached hydrogens (tertiary/aromatic N) is 1. The number of esters is 1. The number of aromatic hydroxyl groups is 2. The number of benzene rings is 3. The van der Waals surface area contributed by atoms with Gasteiger partial charge in [-0.3, -0.25) is 38.4 Å². The maximum atomic E-state index is 13.9. The molecule has 82 heavy (non-hydrogen) atoms. The number of aliphatic carboxylic acids is 3. The molecule has 1 aliphatic heterocycles. The van der Waals surface area contributed by atoms with E-state index in [1.54, 1.807) is 6.92 Å². The van der Waals surface area contributed by atoms with Crippen LogP contribution in [0.4, 0.5) is 0 Å². The Morgan fingerprint density at radius 2 is 1.34 bits per heavy atom. The molecule has 20 N–H and O–H groups in total. The van der Waals surface area contributed by atoms with E-state index in [0.717, 1.165) is 5.56 Å². The van der Waals surface area contributed by atoms with Crippen LogP contribution in [-0.2, 0) is 56.0 Å². The van der Waals surface area contributed by atoms with Gasteiger partial charge >= 0.3 is 23.9 Å². The number of amides is 2. The number of phenolic OH excluding ortho intramolecular Hbond substituents is 2. The van der Waals surface area contributed by atoms with Gasteiger partial charge in [0.05, 0.1) is 67.6 Å². The monoisotopic (exact) mass is 1160 g/mol. The molecule has 29 nitrogen and oxygen atoms in total. The quantitative estimate of drug-likeness (QED) is 0.0166. The molecule has 450 valence electrons. The van der Waals surface area contributed by atoms with Crippen LogP contribution in [0.5, 0.6) is 17.2 Å². The second-order valence-corrected chi connectivity index (χ2v) is 19.7. The van der Waals surface area contributed by atoms with Gasteiger partial charge in [-0.15, -0.1) is 0 Å². The van der Waals surface area contributed by atoms with Crippen molar-refractivity contribution in [1.29, 1.82) is 0 Å². The minimum Gasteiger partial charge on any atom is -0.507 e. The number of hydrogen-bond acceptors (Lipinski definition) is 24. The summed E-state index contributed by atoms with van der Waals surface area (Å²) in [6, 6.07) is 9.46. The summed E-state index contributed by atoms with van der Waals surface area (Å²) >= 11 is 0. The molecule has 9 atom stereocenters. The van der Waals surface area contributed by atoms with Crippen molar-refractivity contribution in [2.24, 2.45) is 28.0 Å². The summed E-state index contributed by atoms with van der Waals surface area (Å²) in [5, 5.41) is 105. The highest BCUT2D eigenvalue weighted by Crippen LogP contribution is 2.52. The number of ether oxygens (including phenoxy) is 4. The maximum absolute atomic E-state index is 13.9. The van der Waals surface area contributed by atoms with Crippen molar-refractivity contribution in [3.63, 3.8) is 0 Å². The Morgan fingerprint density at radius 3 is 1.88 bits per heavy atom. The standard InChI is InChI=1S/C32H38N4O12.C12H15NO4.C9H18N2O6/c1-12-26(38)17(34)9-21(47-12)48-19-11-32(45,13(2)35-36-20(37)8-7-16(33)31(43)44)10-15-23(19)30(42)25-24(28(15)40)27(39)14-5-4-6-18(46-3)22(14)29(25)41;13-10(12(15)16)6-7-11(14)17-8-9-4-2-1-3-5-9;10-6(8(16)17)1-2-7(15)11-9(3-12,4-13)5-14/h4-6,12,16-17,19,21,26,38,40,42,45H,7-11,33-34H2,1-3H3,(H,36,37)(H,43,44);1-5,10H,6-8,13H2,(H,15,16);6,12-14H,1-5,10H2,(H,11,15)(H,16,17)/b35-13-;;/t12?,16?,17?,19-,21?,26?,32-;;/m0../s1. The van der Waals surface area contributed by atoms with Crippen LogP contribution >= 0.6 is 0 Å². The Labute approximate surface area is 468 Å². The van der Waals surface area contributed by atoms with Crippen LogP contribution in [0.2, 0.25) is 0 Å². The molecule has 0 saturated carbocycles. The van der Waals surface area contributed by atoms with Crippen molar-refractivity contribution in [2.75, 3.05) is 26.9 Å². The van der Waals surface area contributed by atoms with E-state index in [1.807, 2.05) is 30.3 Å². The Morgan fingerprint density at radius 1 is 0.793 bits per heavy atom. The van der Waals surface area contributed by atoms with E-state index in [-0.39, 0.29) is 91.7 Å². The molecule has 0 spiro atoms. The molecule has 0 radical (unpaired) electrons. The number of aliphatic hydroxyl groups excluding tert-OH is 4. The summed E-state index contributed by atoms with van der Waals surface area (Å²) in [4.78, 5) is 94.4. The van der Waals surface area contributed by atoms with Gasteiger partial charge < -0.3 is 98.3 Å². The van der Waals surface area contributed by atoms with Gasteiger partial charge in [0, 0.05) is 61.3 Å². The highest BCUT2D eigenvalue weighted by atomic mass is 16.7. The molecule has 6 rings (SSSR count).